The first-order chi connectivity index (χ1) is 46.5. The van der Waals surface area contributed by atoms with E-state index >= 15 is 0 Å². The number of fused-ring (bicyclic) bond motifs is 20. The summed E-state index contributed by atoms with van der Waals surface area (Å²) in [4.78, 5) is 10.7. The maximum Gasteiger partial charge on any atom is 0.252 e. The molecule has 446 valence electrons. The van der Waals surface area contributed by atoms with Gasteiger partial charge in [0.25, 0.3) is 20.1 Å². The number of nitrogens with zero attached hydrogens (tertiary/aromatic N) is 6. The molecule has 13 aromatic carbocycles. The summed E-state index contributed by atoms with van der Waals surface area (Å²) in [6, 6.07) is 105. The lowest BCUT2D eigenvalue weighted by Gasteiger charge is -2.53. The molecule has 0 amide bonds. The van der Waals surface area contributed by atoms with Crippen LogP contribution in [0.15, 0.2) is 273 Å². The van der Waals surface area contributed by atoms with Crippen LogP contribution in [-0.4, -0.2) is 29.3 Å². The van der Waals surface area contributed by atoms with Crippen molar-refractivity contribution in [3.8, 4) is 11.4 Å². The van der Waals surface area contributed by atoms with E-state index in [1.165, 1.54) is 161 Å². The third-order valence-electron chi connectivity index (χ3n) is 22.1. The summed E-state index contributed by atoms with van der Waals surface area (Å²) in [5, 5.41) is 4.98. The van der Waals surface area contributed by atoms with E-state index in [0.717, 1.165) is 22.7 Å². The number of para-hydroxylation sites is 8. The molecule has 15 aromatic rings. The van der Waals surface area contributed by atoms with Gasteiger partial charge in [0.05, 0.1) is 33.4 Å². The average molecular weight is 1210 g/mol. The summed E-state index contributed by atoms with van der Waals surface area (Å²) in [5.41, 5.74) is 35.9. The molecule has 2 aromatic heterocycles. The monoisotopic (exact) mass is 1210 g/mol. The van der Waals surface area contributed by atoms with Crippen LogP contribution in [0, 0.1) is 0 Å². The Hall–Kier alpha value is -11.1. The van der Waals surface area contributed by atoms with Gasteiger partial charge in [-0.25, -0.2) is 0 Å². The Bertz CT molecular complexity index is 5430. The number of benzene rings is 13. The van der Waals surface area contributed by atoms with Crippen molar-refractivity contribution in [2.45, 2.75) is 52.4 Å². The predicted molar refractivity (Wildman–Crippen MR) is 405 cm³/mol. The predicted octanol–water partition coefficient (Wildman–Crippen LogP) is 15.8. The molecule has 0 atom stereocenters. The van der Waals surface area contributed by atoms with Gasteiger partial charge in [0.15, 0.2) is 0 Å². The van der Waals surface area contributed by atoms with Crippen LogP contribution < -0.4 is 68.8 Å². The van der Waals surface area contributed by atoms with Gasteiger partial charge in [-0.3, -0.25) is 0 Å². The summed E-state index contributed by atoms with van der Waals surface area (Å²) in [7, 11) is 0. The topological polar surface area (TPSA) is 22.8 Å². The van der Waals surface area contributed by atoms with Crippen LogP contribution in [0.1, 0.15) is 52.7 Å². The number of rotatable bonds is 4. The van der Waals surface area contributed by atoms with Crippen molar-refractivity contribution in [2.75, 3.05) is 19.6 Å². The molecule has 6 nitrogen and oxygen atoms in total. The molecule has 0 aliphatic carbocycles. The molecule has 0 radical (unpaired) electrons. The second-order valence-electron chi connectivity index (χ2n) is 29.2. The lowest BCUT2D eigenvalue weighted by Crippen LogP contribution is -2.72. The third-order valence-corrected chi connectivity index (χ3v) is 22.1. The molecule has 8 heterocycles. The molecule has 0 unspecified atom stereocenters. The lowest BCUT2D eigenvalue weighted by atomic mass is 9.25. The smallest absolute Gasteiger partial charge is 0.252 e. The highest BCUT2D eigenvalue weighted by Gasteiger charge is 2.55. The van der Waals surface area contributed by atoms with E-state index in [1.54, 1.807) is 0 Å². The minimum atomic E-state index is -0.139. The largest absolute Gasteiger partial charge is 0.312 e. The molecule has 0 saturated heterocycles. The van der Waals surface area contributed by atoms with Gasteiger partial charge in [-0.1, -0.05) is 217 Å². The molecule has 21 rings (SSSR count). The molecule has 95 heavy (non-hydrogen) atoms. The minimum Gasteiger partial charge on any atom is -0.312 e. The van der Waals surface area contributed by atoms with Crippen molar-refractivity contribution >= 4 is 181 Å². The van der Waals surface area contributed by atoms with E-state index in [4.69, 9.17) is 0 Å². The van der Waals surface area contributed by atoms with Crippen molar-refractivity contribution in [1.29, 1.82) is 0 Å². The molecule has 0 fully saturated rings. The quantitative estimate of drug-likeness (QED) is 0.164. The highest BCUT2D eigenvalue weighted by atomic mass is 15.2. The number of hydrogen-bond acceptors (Lipinski definition) is 4. The zero-order chi connectivity index (χ0) is 63.1. The maximum atomic E-state index is 2.78. The highest BCUT2D eigenvalue weighted by molar-refractivity contribution is 7.07. The fraction of sp³-hybridized carbons (Fsp3) is 0.0930. The Morgan fingerprint density at radius 2 is 0.547 bits per heavy atom. The van der Waals surface area contributed by atoms with Crippen LogP contribution >= 0.6 is 0 Å². The fourth-order valence-electron chi connectivity index (χ4n) is 18.1. The second-order valence-corrected chi connectivity index (χ2v) is 29.2. The van der Waals surface area contributed by atoms with Crippen molar-refractivity contribution in [3.63, 3.8) is 0 Å². The summed E-state index contributed by atoms with van der Waals surface area (Å²) < 4.78 is 5.08. The maximum absolute atomic E-state index is 2.78. The molecule has 9 heteroatoms. The van der Waals surface area contributed by atoms with Gasteiger partial charge < -0.3 is 28.7 Å². The Balaban J connectivity index is 0.947. The molecule has 0 bridgehead atoms. The Kier molecular flexibility index (Phi) is 10.6. The van der Waals surface area contributed by atoms with E-state index in [1.807, 2.05) is 0 Å². The fourth-order valence-corrected chi connectivity index (χ4v) is 18.1. The first kappa shape index (κ1) is 53.4. The normalized spacial score (nSPS) is 14.3. The van der Waals surface area contributed by atoms with Crippen LogP contribution in [0.3, 0.4) is 0 Å². The van der Waals surface area contributed by atoms with E-state index in [-0.39, 0.29) is 31.0 Å². The van der Waals surface area contributed by atoms with Gasteiger partial charge in [-0.2, -0.15) is 0 Å². The van der Waals surface area contributed by atoms with Gasteiger partial charge in [0.1, 0.15) is 0 Å². The van der Waals surface area contributed by atoms with Crippen LogP contribution in [0.2, 0.25) is 0 Å². The molecule has 6 aliphatic rings. The molecule has 6 aliphatic heterocycles. The standard InChI is InChI=1S/C86H63B3N6/c1-85(2,3)52-41-43-64-74(45-52)94-78-49-56(92-68-35-19-13-29-58(68)59-30-14-20-36-69(59)92)47-76-80(78)88(62-33-17-23-39-72(62)90(76)54-25-9-7-10-26-54)66-51-67-84-82(83(66)94)87(64)65-44-42-53(86(4,5)6)46-75(65)95(84)79-50-57(93-70-37-21-15-31-60(70)61-32-16-22-38-71(61)93)48-77-81(79)89(67)63-34-18-24-40-73(63)91(77)55-27-11-8-12-28-55/h7-51H,1-6H3. The zero-order valence-electron chi connectivity index (χ0n) is 53.9. The van der Waals surface area contributed by atoms with Crippen LogP contribution in [0.25, 0.3) is 55.0 Å². The van der Waals surface area contributed by atoms with Crippen LogP contribution in [0.5, 0.6) is 0 Å². The number of aromatic nitrogens is 2. The van der Waals surface area contributed by atoms with Crippen molar-refractivity contribution in [3.05, 3.63) is 284 Å². The van der Waals surface area contributed by atoms with Gasteiger partial charge in [0.2, 0.25) is 0 Å². The van der Waals surface area contributed by atoms with E-state index in [0.29, 0.717) is 0 Å². The van der Waals surface area contributed by atoms with Crippen molar-refractivity contribution in [2.24, 2.45) is 0 Å². The number of anilines is 12. The first-order valence-electron chi connectivity index (χ1n) is 33.8. The van der Waals surface area contributed by atoms with Crippen molar-refractivity contribution < 1.29 is 0 Å². The van der Waals surface area contributed by atoms with Gasteiger partial charge in [-0.15, -0.1) is 0 Å². The Morgan fingerprint density at radius 1 is 0.232 bits per heavy atom. The summed E-state index contributed by atoms with van der Waals surface area (Å²) in [5.74, 6) is 0. The zero-order valence-corrected chi connectivity index (χ0v) is 53.9. The number of hydrogen-bond donors (Lipinski definition) is 0. The molecular weight excluding hydrogens is 1150 g/mol. The summed E-state index contributed by atoms with van der Waals surface area (Å²) in [6.45, 7) is 13.9. The van der Waals surface area contributed by atoms with Gasteiger partial charge in [0, 0.05) is 89.8 Å². The SMILES string of the molecule is CC(C)(C)c1ccc2c(c1)N1c3cc(-n4c5ccccc5c5ccccc54)cc4c3B(c3ccccc3N4c3ccccc3)c3cc4c5c(c31)B2c1ccc(C(C)(C)C)cc1N5c1cc(-n2c3ccccc3c3ccccc32)cc2c1B4c1ccccc1N2c1ccccc1. The lowest BCUT2D eigenvalue weighted by molar-refractivity contribution is 0.590. The summed E-state index contributed by atoms with van der Waals surface area (Å²) in [6.07, 6.45) is 0. The second kappa shape index (κ2) is 18.8. The first-order valence-corrected chi connectivity index (χ1v) is 33.8. The minimum absolute atomic E-state index is 0.110. The van der Waals surface area contributed by atoms with Gasteiger partial charge in [-0.05, 0) is 168 Å². The molecular formula is C86H63B3N6. The van der Waals surface area contributed by atoms with E-state index in [9.17, 15) is 0 Å². The van der Waals surface area contributed by atoms with Gasteiger partial charge >= 0.3 is 0 Å². The van der Waals surface area contributed by atoms with Crippen LogP contribution in [0.4, 0.5) is 68.2 Å². The molecule has 0 spiro atoms. The highest BCUT2D eigenvalue weighted by Crippen LogP contribution is 2.53. The van der Waals surface area contributed by atoms with Crippen molar-refractivity contribution in [1.82, 2.24) is 9.13 Å². The molecule has 0 saturated carbocycles. The Labute approximate surface area is 554 Å². The average Bonchev–Trinajstić information content (AvgIpc) is 1.02. The van der Waals surface area contributed by atoms with E-state index in [2.05, 4.69) is 343 Å². The molecule has 0 N–H and O–H groups in total. The Morgan fingerprint density at radius 3 is 0.926 bits per heavy atom. The van der Waals surface area contributed by atoms with Crippen LogP contribution in [-0.2, 0) is 10.8 Å². The van der Waals surface area contributed by atoms with E-state index < -0.39 is 0 Å². The summed E-state index contributed by atoms with van der Waals surface area (Å²) >= 11 is 0. The third kappa shape index (κ3) is 7.07.